The third-order valence-electron chi connectivity index (χ3n) is 4.50. The number of benzene rings is 1. The van der Waals surface area contributed by atoms with Crippen LogP contribution < -0.4 is 11.5 Å². The van der Waals surface area contributed by atoms with Crippen LogP contribution in [0.25, 0.3) is 0 Å². The van der Waals surface area contributed by atoms with E-state index in [4.69, 9.17) is 23.1 Å². The third kappa shape index (κ3) is 6.80. The molecule has 1 aliphatic rings. The third-order valence-corrected chi connectivity index (χ3v) is 4.75. The fourth-order valence-electron chi connectivity index (χ4n) is 3.11. The highest BCUT2D eigenvalue weighted by Gasteiger charge is 2.10. The van der Waals surface area contributed by atoms with E-state index in [-0.39, 0.29) is 0 Å². The highest BCUT2D eigenvalue weighted by molar-refractivity contribution is 6.30. The zero-order chi connectivity index (χ0) is 16.5. The van der Waals surface area contributed by atoms with Gasteiger partial charge in [0.15, 0.2) is 0 Å². The molecule has 0 saturated carbocycles. The Morgan fingerprint density at radius 2 is 1.65 bits per heavy atom. The summed E-state index contributed by atoms with van der Waals surface area (Å²) in [4.78, 5) is 2.58. The summed E-state index contributed by atoms with van der Waals surface area (Å²) in [6.07, 6.45) is 7.72. The van der Waals surface area contributed by atoms with Crippen LogP contribution in [0, 0.1) is 0 Å². The molecule has 1 aromatic carbocycles. The molecule has 0 radical (unpaired) electrons. The van der Waals surface area contributed by atoms with Crippen LogP contribution >= 0.6 is 11.6 Å². The van der Waals surface area contributed by atoms with E-state index in [9.17, 15) is 0 Å². The van der Waals surface area contributed by atoms with Gasteiger partial charge in [-0.1, -0.05) is 36.6 Å². The first-order valence-electron chi connectivity index (χ1n) is 8.75. The van der Waals surface area contributed by atoms with Crippen LogP contribution in [-0.4, -0.2) is 41.6 Å². The molecule has 1 aromatic rings. The Bertz CT molecular complexity index is 488. The number of halogens is 1. The zero-order valence-corrected chi connectivity index (χ0v) is 14.8. The minimum absolute atomic E-state index is 0.400. The van der Waals surface area contributed by atoms with Gasteiger partial charge in [0.1, 0.15) is 0 Å². The largest absolute Gasteiger partial charge is 0.341 e. The van der Waals surface area contributed by atoms with Gasteiger partial charge in [-0.3, -0.25) is 16.0 Å². The highest BCUT2D eigenvalue weighted by atomic mass is 35.5. The first kappa shape index (κ1) is 18.1. The Kier molecular flexibility index (Phi) is 7.69. The molecule has 0 amide bonds. The van der Waals surface area contributed by atoms with Crippen molar-refractivity contribution >= 4 is 17.6 Å². The number of nitrogens with zero attached hydrogens (tertiary/aromatic N) is 2. The van der Waals surface area contributed by atoms with Gasteiger partial charge in [0.25, 0.3) is 0 Å². The lowest BCUT2D eigenvalue weighted by molar-refractivity contribution is -0.546. The summed E-state index contributed by atoms with van der Waals surface area (Å²) >= 11 is 5.92. The predicted octanol–water partition coefficient (Wildman–Crippen LogP) is 2.78. The molecule has 0 unspecified atom stereocenters. The lowest BCUT2D eigenvalue weighted by atomic mass is 10.1. The van der Waals surface area contributed by atoms with Crippen LogP contribution in [-0.2, 0) is 6.54 Å². The fourth-order valence-corrected chi connectivity index (χ4v) is 3.23. The molecule has 1 saturated heterocycles. The van der Waals surface area contributed by atoms with Crippen molar-refractivity contribution in [3.05, 3.63) is 34.9 Å². The van der Waals surface area contributed by atoms with Crippen molar-refractivity contribution in [1.29, 1.82) is 0 Å². The minimum atomic E-state index is 0.400. The van der Waals surface area contributed by atoms with Gasteiger partial charge in [-0.25, -0.2) is 0 Å². The summed E-state index contributed by atoms with van der Waals surface area (Å²) in [5.74, 6) is 0.400. The van der Waals surface area contributed by atoms with E-state index >= 15 is 0 Å². The molecule has 4 N–H and O–H groups in total. The van der Waals surface area contributed by atoms with Gasteiger partial charge >= 0.3 is 5.96 Å². The normalized spacial score (nSPS) is 15.0. The van der Waals surface area contributed by atoms with E-state index in [1.165, 1.54) is 57.3 Å². The van der Waals surface area contributed by atoms with Gasteiger partial charge in [0.05, 0.1) is 13.1 Å². The van der Waals surface area contributed by atoms with Crippen LogP contribution in [0.15, 0.2) is 24.3 Å². The van der Waals surface area contributed by atoms with Crippen molar-refractivity contribution in [3.63, 3.8) is 0 Å². The second kappa shape index (κ2) is 9.78. The van der Waals surface area contributed by atoms with E-state index in [1.54, 1.807) is 0 Å². The molecule has 4 nitrogen and oxygen atoms in total. The van der Waals surface area contributed by atoms with E-state index in [0.717, 1.165) is 24.5 Å². The van der Waals surface area contributed by atoms with Crippen molar-refractivity contribution in [3.8, 4) is 0 Å². The SMILES string of the molecule is NC(N)=[N+](CCCCCCN1CCCC1)Cc1ccc(Cl)cc1. The molecule has 0 spiro atoms. The van der Waals surface area contributed by atoms with Crippen LogP contribution in [0.2, 0.25) is 5.02 Å². The van der Waals surface area contributed by atoms with Gasteiger partial charge in [-0.15, -0.1) is 0 Å². The molecule has 0 bridgehead atoms. The maximum Gasteiger partial charge on any atom is 0.341 e. The number of rotatable bonds is 9. The van der Waals surface area contributed by atoms with Gasteiger partial charge in [-0.05, 0) is 63.0 Å². The second-order valence-corrected chi connectivity index (χ2v) is 6.87. The summed E-state index contributed by atoms with van der Waals surface area (Å²) in [6, 6.07) is 7.85. The first-order valence-corrected chi connectivity index (χ1v) is 9.12. The van der Waals surface area contributed by atoms with E-state index in [1.807, 2.05) is 28.8 Å². The molecule has 0 atom stereocenters. The molecule has 23 heavy (non-hydrogen) atoms. The Labute approximate surface area is 145 Å². The lowest BCUT2D eigenvalue weighted by Gasteiger charge is -2.14. The smallest absolute Gasteiger partial charge is 0.303 e. The highest BCUT2D eigenvalue weighted by Crippen LogP contribution is 2.11. The summed E-state index contributed by atoms with van der Waals surface area (Å²) in [7, 11) is 0. The molecule has 2 rings (SSSR count). The molecular formula is C18H30ClN4+. The molecule has 1 aliphatic heterocycles. The van der Waals surface area contributed by atoms with Gasteiger partial charge in [0.2, 0.25) is 0 Å². The average molecular weight is 338 g/mol. The summed E-state index contributed by atoms with van der Waals surface area (Å²) in [6.45, 7) is 5.52. The standard InChI is InChI=1S/C18H29ClN4/c19-17-9-7-16(8-10-17)15-23(18(20)21)14-4-2-1-3-11-22-12-5-6-13-22/h7-10H,1-6,11-15H2,(H3,20,21)/p+1. The lowest BCUT2D eigenvalue weighted by Crippen LogP contribution is -2.36. The monoisotopic (exact) mass is 337 g/mol. The number of likely N-dealkylation sites (tertiary alicyclic amines) is 1. The number of guanidine groups is 1. The zero-order valence-electron chi connectivity index (χ0n) is 14.0. The first-order chi connectivity index (χ1) is 11.1. The van der Waals surface area contributed by atoms with Crippen LogP contribution in [0.5, 0.6) is 0 Å². The Balaban J connectivity index is 1.64. The van der Waals surface area contributed by atoms with Gasteiger partial charge < -0.3 is 4.90 Å². The molecule has 5 heteroatoms. The maximum atomic E-state index is 5.92. The number of nitrogens with two attached hydrogens (primary N) is 2. The number of hydrogen-bond acceptors (Lipinski definition) is 1. The Hall–Kier alpha value is -1.26. The van der Waals surface area contributed by atoms with E-state index < -0.39 is 0 Å². The van der Waals surface area contributed by atoms with Crippen molar-refractivity contribution in [2.24, 2.45) is 11.5 Å². The molecule has 1 fully saturated rings. The van der Waals surface area contributed by atoms with Gasteiger partial charge in [0, 0.05) is 5.02 Å². The predicted molar refractivity (Wildman–Crippen MR) is 97.8 cm³/mol. The molecular weight excluding hydrogens is 308 g/mol. The van der Waals surface area contributed by atoms with Crippen LogP contribution in [0.3, 0.4) is 0 Å². The topological polar surface area (TPSA) is 58.3 Å². The van der Waals surface area contributed by atoms with E-state index in [2.05, 4.69) is 4.90 Å². The van der Waals surface area contributed by atoms with E-state index in [0.29, 0.717) is 5.96 Å². The molecule has 0 aromatic heterocycles. The Morgan fingerprint density at radius 1 is 1.00 bits per heavy atom. The fraction of sp³-hybridized carbons (Fsp3) is 0.611. The maximum absolute atomic E-state index is 5.92. The van der Waals surface area contributed by atoms with Crippen molar-refractivity contribution in [2.45, 2.75) is 45.1 Å². The quantitative estimate of drug-likeness (QED) is 0.315. The Morgan fingerprint density at radius 3 is 2.30 bits per heavy atom. The summed E-state index contributed by atoms with van der Waals surface area (Å²) in [5.41, 5.74) is 12.8. The summed E-state index contributed by atoms with van der Waals surface area (Å²) < 4.78 is 2.05. The number of hydrogen-bond donors (Lipinski definition) is 2. The molecule has 1 heterocycles. The van der Waals surface area contributed by atoms with Gasteiger partial charge in [-0.2, -0.15) is 0 Å². The van der Waals surface area contributed by atoms with Crippen LogP contribution in [0.1, 0.15) is 44.1 Å². The van der Waals surface area contributed by atoms with Crippen LogP contribution in [0.4, 0.5) is 0 Å². The van der Waals surface area contributed by atoms with Crippen molar-refractivity contribution < 1.29 is 4.58 Å². The minimum Gasteiger partial charge on any atom is -0.303 e. The average Bonchev–Trinajstić information content (AvgIpc) is 3.04. The number of unbranched alkanes of at least 4 members (excludes halogenated alkanes) is 3. The van der Waals surface area contributed by atoms with Crippen molar-refractivity contribution in [1.82, 2.24) is 4.90 Å². The van der Waals surface area contributed by atoms with Crippen molar-refractivity contribution in [2.75, 3.05) is 26.2 Å². The molecule has 0 aliphatic carbocycles. The summed E-state index contributed by atoms with van der Waals surface area (Å²) in [5, 5.41) is 0.753. The molecule has 128 valence electrons. The second-order valence-electron chi connectivity index (χ2n) is 6.44.